The van der Waals surface area contributed by atoms with Crippen molar-refractivity contribution in [2.45, 2.75) is 36.3 Å². The highest BCUT2D eigenvalue weighted by molar-refractivity contribution is 7.91. The first kappa shape index (κ1) is 16.3. The predicted octanol–water partition coefficient (Wildman–Crippen LogP) is 3.17. The second kappa shape index (κ2) is 5.96. The molecule has 0 aliphatic carbocycles. The number of halogens is 2. The van der Waals surface area contributed by atoms with Crippen LogP contribution in [0.3, 0.4) is 0 Å². The Morgan fingerprint density at radius 3 is 2.29 bits per heavy atom. The van der Waals surface area contributed by atoms with Crippen LogP contribution in [0.4, 0.5) is 0 Å². The van der Waals surface area contributed by atoms with Gasteiger partial charge in [0.15, 0.2) is 5.03 Å². The van der Waals surface area contributed by atoms with Gasteiger partial charge in [-0.15, -0.1) is 0 Å². The van der Waals surface area contributed by atoms with Gasteiger partial charge in [0, 0.05) is 10.0 Å². The van der Waals surface area contributed by atoms with E-state index in [-0.39, 0.29) is 38.3 Å². The predicted molar refractivity (Wildman–Crippen MR) is 80.5 cm³/mol. The van der Waals surface area contributed by atoms with E-state index in [0.29, 0.717) is 5.69 Å². The quantitative estimate of drug-likeness (QED) is 0.888. The first-order valence-corrected chi connectivity index (χ1v) is 8.40. The lowest BCUT2D eigenvalue weighted by Crippen LogP contribution is -2.07. The normalized spacial score (nSPS) is 12.1. The first-order valence-electron chi connectivity index (χ1n) is 6.16. The largest absolute Gasteiger partial charge is 0.388 e. The number of benzene rings is 1. The second-order valence-electron chi connectivity index (χ2n) is 4.82. The standard InChI is InChI=1S/C13H14Cl2N2O3S/c1-7(2)12-13(17-11(6-18)16-12)21(19,20)10-4-8(14)3-9(15)5-10/h3-5,7,18H,6H2,1-2H3,(H,16,17). The van der Waals surface area contributed by atoms with E-state index >= 15 is 0 Å². The molecule has 0 unspecified atom stereocenters. The molecule has 0 spiro atoms. The lowest BCUT2D eigenvalue weighted by atomic mass is 10.2. The number of aliphatic hydroxyl groups is 1. The monoisotopic (exact) mass is 348 g/mol. The van der Waals surface area contributed by atoms with Crippen molar-refractivity contribution in [3.63, 3.8) is 0 Å². The van der Waals surface area contributed by atoms with E-state index in [4.69, 9.17) is 28.3 Å². The van der Waals surface area contributed by atoms with E-state index in [1.54, 1.807) is 0 Å². The molecule has 1 heterocycles. The summed E-state index contributed by atoms with van der Waals surface area (Å²) < 4.78 is 25.4. The first-order chi connectivity index (χ1) is 9.75. The van der Waals surface area contributed by atoms with E-state index in [1.165, 1.54) is 18.2 Å². The zero-order chi connectivity index (χ0) is 15.8. The summed E-state index contributed by atoms with van der Waals surface area (Å²) in [6.07, 6.45) is 0. The molecular weight excluding hydrogens is 335 g/mol. The molecule has 2 N–H and O–H groups in total. The van der Waals surface area contributed by atoms with Gasteiger partial charge in [-0.1, -0.05) is 37.0 Å². The van der Waals surface area contributed by atoms with Crippen LogP contribution < -0.4 is 0 Å². The molecule has 0 aliphatic rings. The van der Waals surface area contributed by atoms with E-state index in [0.717, 1.165) is 0 Å². The Bertz CT molecular complexity index is 749. The van der Waals surface area contributed by atoms with E-state index in [9.17, 15) is 8.42 Å². The molecule has 0 saturated carbocycles. The number of nitrogens with one attached hydrogen (secondary N) is 1. The van der Waals surface area contributed by atoms with Gasteiger partial charge in [-0.3, -0.25) is 0 Å². The average molecular weight is 349 g/mol. The Labute approximate surface area is 132 Å². The minimum atomic E-state index is -3.87. The molecule has 0 atom stereocenters. The molecule has 2 aromatic rings. The third kappa shape index (κ3) is 3.23. The van der Waals surface area contributed by atoms with Gasteiger partial charge in [0.05, 0.1) is 10.6 Å². The van der Waals surface area contributed by atoms with E-state index < -0.39 is 9.84 Å². The summed E-state index contributed by atoms with van der Waals surface area (Å²) in [6, 6.07) is 4.09. The highest BCUT2D eigenvalue weighted by Crippen LogP contribution is 2.30. The molecule has 5 nitrogen and oxygen atoms in total. The van der Waals surface area contributed by atoms with Crippen LogP contribution in [0.1, 0.15) is 31.3 Å². The van der Waals surface area contributed by atoms with Crippen molar-refractivity contribution >= 4 is 33.0 Å². The summed E-state index contributed by atoms with van der Waals surface area (Å²) in [7, 11) is -3.87. The molecule has 0 fully saturated rings. The Morgan fingerprint density at radius 1 is 1.24 bits per heavy atom. The van der Waals surface area contributed by atoms with Crippen molar-refractivity contribution in [1.82, 2.24) is 9.97 Å². The number of sulfone groups is 1. The van der Waals surface area contributed by atoms with Gasteiger partial charge in [-0.25, -0.2) is 13.4 Å². The van der Waals surface area contributed by atoms with Crippen LogP contribution in [0.15, 0.2) is 28.1 Å². The Morgan fingerprint density at radius 2 is 1.81 bits per heavy atom. The van der Waals surface area contributed by atoms with Crippen molar-refractivity contribution in [3.05, 3.63) is 39.8 Å². The summed E-state index contributed by atoms with van der Waals surface area (Å²) >= 11 is 11.7. The van der Waals surface area contributed by atoms with E-state index in [2.05, 4.69) is 9.97 Å². The van der Waals surface area contributed by atoms with Crippen molar-refractivity contribution < 1.29 is 13.5 Å². The highest BCUT2D eigenvalue weighted by atomic mass is 35.5. The van der Waals surface area contributed by atoms with Crippen LogP contribution in [-0.4, -0.2) is 23.5 Å². The van der Waals surface area contributed by atoms with Gasteiger partial charge in [-0.2, -0.15) is 0 Å². The van der Waals surface area contributed by atoms with Crippen molar-refractivity contribution in [1.29, 1.82) is 0 Å². The van der Waals surface area contributed by atoms with Gasteiger partial charge < -0.3 is 10.1 Å². The van der Waals surface area contributed by atoms with Gasteiger partial charge in [0.25, 0.3) is 0 Å². The number of rotatable bonds is 4. The summed E-state index contributed by atoms with van der Waals surface area (Å²) in [4.78, 5) is 6.78. The number of H-pyrrole nitrogens is 1. The second-order valence-corrected chi connectivity index (χ2v) is 7.56. The molecule has 2 rings (SSSR count). The Balaban J connectivity index is 2.66. The molecule has 0 amide bonds. The fourth-order valence-corrected chi connectivity index (χ4v) is 4.14. The number of hydrogen-bond donors (Lipinski definition) is 2. The summed E-state index contributed by atoms with van der Waals surface area (Å²) in [5, 5.41) is 9.49. The third-order valence-corrected chi connectivity index (χ3v) is 4.99. The SMILES string of the molecule is CC(C)c1[nH]c(CO)nc1S(=O)(=O)c1cc(Cl)cc(Cl)c1. The van der Waals surface area contributed by atoms with Crippen LogP contribution in [0.25, 0.3) is 0 Å². The topological polar surface area (TPSA) is 83.0 Å². The molecule has 0 radical (unpaired) electrons. The minimum absolute atomic E-state index is 0.0297. The smallest absolute Gasteiger partial charge is 0.225 e. The Hall–Kier alpha value is -1.08. The number of aromatic amines is 1. The Kier molecular flexibility index (Phi) is 4.63. The maximum Gasteiger partial charge on any atom is 0.225 e. The fourth-order valence-electron chi connectivity index (χ4n) is 1.89. The molecule has 0 bridgehead atoms. The summed E-state index contributed by atoms with van der Waals surface area (Å²) in [5.74, 6) is 0.0997. The number of aromatic nitrogens is 2. The zero-order valence-electron chi connectivity index (χ0n) is 11.4. The van der Waals surface area contributed by atoms with Crippen LogP contribution in [0.5, 0.6) is 0 Å². The third-order valence-electron chi connectivity index (χ3n) is 2.87. The number of imidazole rings is 1. The van der Waals surface area contributed by atoms with Crippen molar-refractivity contribution in [2.75, 3.05) is 0 Å². The van der Waals surface area contributed by atoms with Gasteiger partial charge in [-0.05, 0) is 24.1 Å². The molecule has 114 valence electrons. The maximum atomic E-state index is 12.7. The molecule has 1 aromatic heterocycles. The molecule has 1 aromatic carbocycles. The highest BCUT2D eigenvalue weighted by Gasteiger charge is 2.27. The lowest BCUT2D eigenvalue weighted by Gasteiger charge is -2.08. The van der Waals surface area contributed by atoms with Crippen LogP contribution in [-0.2, 0) is 16.4 Å². The van der Waals surface area contributed by atoms with E-state index in [1.807, 2.05) is 13.8 Å². The minimum Gasteiger partial charge on any atom is -0.388 e. The van der Waals surface area contributed by atoms with Crippen LogP contribution >= 0.6 is 23.2 Å². The fraction of sp³-hybridized carbons (Fsp3) is 0.308. The maximum absolute atomic E-state index is 12.7. The van der Waals surface area contributed by atoms with Crippen molar-refractivity contribution in [2.24, 2.45) is 0 Å². The van der Waals surface area contributed by atoms with Gasteiger partial charge in [0.1, 0.15) is 12.4 Å². The van der Waals surface area contributed by atoms with Crippen LogP contribution in [0, 0.1) is 0 Å². The van der Waals surface area contributed by atoms with Gasteiger partial charge >= 0.3 is 0 Å². The summed E-state index contributed by atoms with van der Waals surface area (Å²) in [5.41, 5.74) is 0.440. The molecule has 8 heteroatoms. The summed E-state index contributed by atoms with van der Waals surface area (Å²) in [6.45, 7) is 3.29. The van der Waals surface area contributed by atoms with Gasteiger partial charge in [0.2, 0.25) is 9.84 Å². The molecule has 0 saturated heterocycles. The number of aliphatic hydroxyl groups excluding tert-OH is 1. The molecule has 21 heavy (non-hydrogen) atoms. The molecule has 0 aliphatic heterocycles. The number of hydrogen-bond acceptors (Lipinski definition) is 4. The molecular formula is C13H14Cl2N2O3S. The lowest BCUT2D eigenvalue weighted by molar-refractivity contribution is 0.272. The number of nitrogens with zero attached hydrogens (tertiary/aromatic N) is 1. The van der Waals surface area contributed by atoms with Crippen LogP contribution in [0.2, 0.25) is 10.0 Å². The average Bonchev–Trinajstić information content (AvgIpc) is 2.82. The van der Waals surface area contributed by atoms with Crippen molar-refractivity contribution in [3.8, 4) is 0 Å². The zero-order valence-corrected chi connectivity index (χ0v) is 13.7.